The van der Waals surface area contributed by atoms with E-state index in [9.17, 15) is 0 Å². The summed E-state index contributed by atoms with van der Waals surface area (Å²) in [7, 11) is 0. The van der Waals surface area contributed by atoms with Crippen molar-refractivity contribution in [3.63, 3.8) is 0 Å². The van der Waals surface area contributed by atoms with Gasteiger partial charge in [0, 0.05) is 5.54 Å². The molecule has 0 aliphatic carbocycles. The number of thiophene rings is 1. The van der Waals surface area contributed by atoms with Gasteiger partial charge in [-0.1, -0.05) is 11.2 Å². The fourth-order valence-corrected chi connectivity index (χ4v) is 1.74. The number of rotatable bonds is 2. The summed E-state index contributed by atoms with van der Waals surface area (Å²) in [6.07, 6.45) is 0. The molecule has 15 heavy (non-hydrogen) atoms. The van der Waals surface area contributed by atoms with Crippen LogP contribution in [-0.2, 0) is 0 Å². The molecule has 0 aliphatic rings. The van der Waals surface area contributed by atoms with E-state index in [1.165, 1.54) is 0 Å². The summed E-state index contributed by atoms with van der Waals surface area (Å²) in [5.74, 6) is 0.566. The summed E-state index contributed by atoms with van der Waals surface area (Å²) in [5, 5.41) is 13.0. The van der Waals surface area contributed by atoms with Crippen LogP contribution < -0.4 is 5.32 Å². The lowest BCUT2D eigenvalue weighted by atomic mass is 10.1. The van der Waals surface area contributed by atoms with Gasteiger partial charge in [0.25, 0.3) is 5.89 Å². The molecule has 0 atom stereocenters. The normalized spacial score (nSPS) is 11.7. The standard InChI is InChI=1S/C10H13N3OS/c1-10(2,3)11-9-13-12-8(14-9)7-5-4-6-15-7/h4-6H,1-3H3,(H,11,13). The summed E-state index contributed by atoms with van der Waals surface area (Å²) in [6, 6.07) is 4.38. The van der Waals surface area contributed by atoms with Crippen LogP contribution in [0, 0.1) is 0 Å². The minimum atomic E-state index is -0.0702. The smallest absolute Gasteiger partial charge is 0.316 e. The minimum absolute atomic E-state index is 0.0702. The van der Waals surface area contributed by atoms with Gasteiger partial charge in [0.1, 0.15) is 0 Å². The van der Waals surface area contributed by atoms with Crippen molar-refractivity contribution in [2.45, 2.75) is 26.3 Å². The Morgan fingerprint density at radius 3 is 2.73 bits per heavy atom. The average molecular weight is 223 g/mol. The molecular formula is C10H13N3OS. The fourth-order valence-electron chi connectivity index (χ4n) is 1.09. The largest absolute Gasteiger partial charge is 0.403 e. The Kier molecular flexibility index (Phi) is 2.48. The van der Waals surface area contributed by atoms with Gasteiger partial charge in [-0.15, -0.1) is 16.4 Å². The molecule has 0 bridgehead atoms. The van der Waals surface area contributed by atoms with Crippen LogP contribution in [0.1, 0.15) is 20.8 Å². The van der Waals surface area contributed by atoms with E-state index < -0.39 is 0 Å². The summed E-state index contributed by atoms with van der Waals surface area (Å²) < 4.78 is 5.48. The predicted octanol–water partition coefficient (Wildman–Crippen LogP) is 3.01. The van der Waals surface area contributed by atoms with E-state index in [4.69, 9.17) is 4.42 Å². The zero-order valence-electron chi connectivity index (χ0n) is 8.94. The molecule has 0 spiro atoms. The third-order valence-corrected chi connectivity index (χ3v) is 2.50. The lowest BCUT2D eigenvalue weighted by Crippen LogP contribution is -2.26. The fraction of sp³-hybridized carbons (Fsp3) is 0.400. The van der Waals surface area contributed by atoms with E-state index in [-0.39, 0.29) is 5.54 Å². The molecule has 2 aromatic rings. The first kappa shape index (κ1) is 10.2. The van der Waals surface area contributed by atoms with Crippen LogP contribution in [0.5, 0.6) is 0 Å². The number of aromatic nitrogens is 2. The molecule has 0 fully saturated rings. The van der Waals surface area contributed by atoms with Crippen LogP contribution in [-0.4, -0.2) is 15.7 Å². The van der Waals surface area contributed by atoms with Gasteiger partial charge < -0.3 is 9.73 Å². The van der Waals surface area contributed by atoms with Crippen molar-refractivity contribution in [2.75, 3.05) is 5.32 Å². The molecule has 1 N–H and O–H groups in total. The second kappa shape index (κ2) is 3.66. The molecule has 0 amide bonds. The summed E-state index contributed by atoms with van der Waals surface area (Å²) >= 11 is 1.58. The van der Waals surface area contributed by atoms with Crippen molar-refractivity contribution in [1.29, 1.82) is 0 Å². The van der Waals surface area contributed by atoms with Crippen LogP contribution in [0.25, 0.3) is 10.8 Å². The number of hydrogen-bond acceptors (Lipinski definition) is 5. The maximum Gasteiger partial charge on any atom is 0.316 e. The predicted molar refractivity (Wildman–Crippen MR) is 61.0 cm³/mol. The van der Waals surface area contributed by atoms with Crippen LogP contribution >= 0.6 is 11.3 Å². The topological polar surface area (TPSA) is 51.0 Å². The Hall–Kier alpha value is -1.36. The molecule has 5 heteroatoms. The van der Waals surface area contributed by atoms with Crippen molar-refractivity contribution in [3.05, 3.63) is 17.5 Å². The van der Waals surface area contributed by atoms with Gasteiger partial charge in [-0.25, -0.2) is 0 Å². The molecule has 2 aromatic heterocycles. The van der Waals surface area contributed by atoms with E-state index in [0.29, 0.717) is 11.9 Å². The van der Waals surface area contributed by atoms with E-state index in [0.717, 1.165) is 4.88 Å². The maximum absolute atomic E-state index is 5.48. The molecule has 2 heterocycles. The Morgan fingerprint density at radius 2 is 2.13 bits per heavy atom. The molecule has 0 saturated heterocycles. The Morgan fingerprint density at radius 1 is 1.33 bits per heavy atom. The van der Waals surface area contributed by atoms with Gasteiger partial charge >= 0.3 is 6.01 Å². The molecular weight excluding hydrogens is 210 g/mol. The van der Waals surface area contributed by atoms with E-state index in [1.807, 2.05) is 38.3 Å². The van der Waals surface area contributed by atoms with Crippen molar-refractivity contribution >= 4 is 17.4 Å². The van der Waals surface area contributed by atoms with Crippen LogP contribution in [0.4, 0.5) is 6.01 Å². The van der Waals surface area contributed by atoms with Crippen LogP contribution in [0.15, 0.2) is 21.9 Å². The quantitative estimate of drug-likeness (QED) is 0.850. The van der Waals surface area contributed by atoms with Crippen molar-refractivity contribution in [3.8, 4) is 10.8 Å². The van der Waals surface area contributed by atoms with Crippen molar-refractivity contribution in [1.82, 2.24) is 10.2 Å². The molecule has 0 aromatic carbocycles. The Balaban J connectivity index is 2.18. The van der Waals surface area contributed by atoms with E-state index in [2.05, 4.69) is 15.5 Å². The Labute approximate surface area is 92.3 Å². The summed E-state index contributed by atoms with van der Waals surface area (Å²) in [6.45, 7) is 6.13. The zero-order chi connectivity index (χ0) is 10.9. The van der Waals surface area contributed by atoms with Gasteiger partial charge in [0.15, 0.2) is 0 Å². The number of hydrogen-bond donors (Lipinski definition) is 1. The highest BCUT2D eigenvalue weighted by Crippen LogP contribution is 2.25. The van der Waals surface area contributed by atoms with Gasteiger partial charge in [0.05, 0.1) is 4.88 Å². The second-order valence-electron chi connectivity index (χ2n) is 4.26. The van der Waals surface area contributed by atoms with E-state index >= 15 is 0 Å². The van der Waals surface area contributed by atoms with Gasteiger partial charge in [-0.05, 0) is 32.2 Å². The number of nitrogens with zero attached hydrogens (tertiary/aromatic N) is 2. The third-order valence-electron chi connectivity index (χ3n) is 1.64. The third kappa shape index (κ3) is 2.56. The van der Waals surface area contributed by atoms with Crippen LogP contribution in [0.2, 0.25) is 0 Å². The number of anilines is 1. The van der Waals surface area contributed by atoms with Gasteiger partial charge in [0.2, 0.25) is 0 Å². The van der Waals surface area contributed by atoms with Gasteiger partial charge in [-0.2, -0.15) is 0 Å². The van der Waals surface area contributed by atoms with Gasteiger partial charge in [-0.3, -0.25) is 0 Å². The summed E-state index contributed by atoms with van der Waals surface area (Å²) in [4.78, 5) is 0.990. The lowest BCUT2D eigenvalue weighted by molar-refractivity contribution is 0.539. The second-order valence-corrected chi connectivity index (χ2v) is 5.21. The maximum atomic E-state index is 5.48. The monoisotopic (exact) mass is 223 g/mol. The first-order valence-electron chi connectivity index (χ1n) is 4.70. The van der Waals surface area contributed by atoms with Crippen molar-refractivity contribution < 1.29 is 4.42 Å². The SMILES string of the molecule is CC(C)(C)Nc1nnc(-c2cccs2)o1. The Bertz CT molecular complexity index is 428. The average Bonchev–Trinajstić information content (AvgIpc) is 2.68. The molecule has 0 radical (unpaired) electrons. The van der Waals surface area contributed by atoms with Crippen molar-refractivity contribution in [2.24, 2.45) is 0 Å². The lowest BCUT2D eigenvalue weighted by Gasteiger charge is -2.17. The van der Waals surface area contributed by atoms with E-state index in [1.54, 1.807) is 11.3 Å². The molecule has 0 unspecified atom stereocenters. The molecule has 4 nitrogen and oxygen atoms in total. The highest BCUT2D eigenvalue weighted by atomic mass is 32.1. The molecule has 2 rings (SSSR count). The molecule has 80 valence electrons. The van der Waals surface area contributed by atoms with Crippen LogP contribution in [0.3, 0.4) is 0 Å². The highest BCUT2D eigenvalue weighted by molar-refractivity contribution is 7.13. The summed E-state index contributed by atoms with van der Waals surface area (Å²) in [5.41, 5.74) is -0.0702. The molecule has 0 saturated carbocycles. The first-order chi connectivity index (χ1) is 7.04. The molecule has 0 aliphatic heterocycles. The number of nitrogens with one attached hydrogen (secondary N) is 1. The zero-order valence-corrected chi connectivity index (χ0v) is 9.76. The first-order valence-corrected chi connectivity index (χ1v) is 5.58. The minimum Gasteiger partial charge on any atom is -0.403 e. The highest BCUT2D eigenvalue weighted by Gasteiger charge is 2.15.